The number of hydrogen-bond donors (Lipinski definition) is 1. The monoisotopic (exact) mass is 273 g/mol. The van der Waals surface area contributed by atoms with Gasteiger partial charge in [0.25, 0.3) is 5.91 Å². The summed E-state index contributed by atoms with van der Waals surface area (Å²) < 4.78 is 0. The molecule has 0 bridgehead atoms. The summed E-state index contributed by atoms with van der Waals surface area (Å²) in [4.78, 5) is 19.1. The fourth-order valence-corrected chi connectivity index (χ4v) is 2.61. The summed E-state index contributed by atoms with van der Waals surface area (Å²) in [6, 6.07) is 8.08. The van der Waals surface area contributed by atoms with Crippen molar-refractivity contribution in [2.75, 3.05) is 5.73 Å². The molecule has 1 aromatic carbocycles. The molecule has 1 aliphatic rings. The quantitative estimate of drug-likeness (QED) is 0.871. The molecule has 1 heterocycles. The molecule has 0 spiro atoms. The van der Waals surface area contributed by atoms with Gasteiger partial charge in [-0.3, -0.25) is 9.78 Å². The van der Waals surface area contributed by atoms with E-state index >= 15 is 0 Å². The molecule has 1 aromatic heterocycles. The molecule has 0 unspecified atom stereocenters. The summed E-state index contributed by atoms with van der Waals surface area (Å²) in [5.41, 5.74) is 9.23. The highest BCUT2D eigenvalue weighted by Crippen LogP contribution is 2.30. The van der Waals surface area contributed by atoms with E-state index in [-0.39, 0.29) is 5.91 Å². The van der Waals surface area contributed by atoms with E-state index in [4.69, 9.17) is 5.73 Å². The normalized spacial score (nSPS) is 14.3. The van der Waals surface area contributed by atoms with Crippen LogP contribution in [0.5, 0.6) is 0 Å². The van der Waals surface area contributed by atoms with E-state index in [1.54, 1.807) is 11.7 Å². The molecule has 1 fully saturated rings. The molecule has 3 rings (SSSR count). The van der Waals surface area contributed by atoms with Crippen LogP contribution in [0.2, 0.25) is 0 Å². The van der Waals surface area contributed by atoms with Gasteiger partial charge in [0.05, 0.1) is 11.7 Å². The van der Waals surface area contributed by atoms with E-state index in [9.17, 15) is 4.79 Å². The minimum Gasteiger partial charge on any atom is -0.399 e. The highest BCUT2D eigenvalue weighted by atomic mass is 32.1. The third-order valence-electron chi connectivity index (χ3n) is 3.22. The second-order valence-corrected chi connectivity index (χ2v) is 5.66. The molecule has 2 N–H and O–H groups in total. The zero-order valence-electron chi connectivity index (χ0n) is 10.5. The molecular formula is C14H15N3OS. The zero-order chi connectivity index (χ0) is 13.2. The van der Waals surface area contributed by atoms with Crippen molar-refractivity contribution in [3.63, 3.8) is 0 Å². The Bertz CT molecular complexity index is 561. The van der Waals surface area contributed by atoms with Gasteiger partial charge in [-0.2, -0.15) is 0 Å². The van der Waals surface area contributed by atoms with Gasteiger partial charge in [-0.1, -0.05) is 12.1 Å². The summed E-state index contributed by atoms with van der Waals surface area (Å²) in [7, 11) is 0. The van der Waals surface area contributed by atoms with Crippen molar-refractivity contribution in [1.82, 2.24) is 9.88 Å². The lowest BCUT2D eigenvalue weighted by molar-refractivity contribution is 0.0734. The molecule has 2 aromatic rings. The van der Waals surface area contributed by atoms with E-state index < -0.39 is 0 Å². The topological polar surface area (TPSA) is 59.2 Å². The Kier molecular flexibility index (Phi) is 3.21. The van der Waals surface area contributed by atoms with Gasteiger partial charge >= 0.3 is 0 Å². The number of benzene rings is 1. The minimum absolute atomic E-state index is 0.0850. The Morgan fingerprint density at radius 1 is 1.37 bits per heavy atom. The molecule has 0 radical (unpaired) electrons. The van der Waals surface area contributed by atoms with Crippen LogP contribution in [-0.4, -0.2) is 21.8 Å². The van der Waals surface area contributed by atoms with Crippen molar-refractivity contribution >= 4 is 22.9 Å². The average Bonchev–Trinajstić information content (AvgIpc) is 3.11. The van der Waals surface area contributed by atoms with Gasteiger partial charge in [0.2, 0.25) is 0 Å². The van der Waals surface area contributed by atoms with Crippen molar-refractivity contribution < 1.29 is 4.79 Å². The molecule has 1 saturated carbocycles. The summed E-state index contributed by atoms with van der Waals surface area (Å²) >= 11 is 1.40. The van der Waals surface area contributed by atoms with E-state index in [1.807, 2.05) is 29.2 Å². The number of carbonyl (C=O) groups is 1. The van der Waals surface area contributed by atoms with E-state index in [1.165, 1.54) is 11.3 Å². The lowest BCUT2D eigenvalue weighted by Crippen LogP contribution is -2.32. The predicted octanol–water partition coefficient (Wildman–Crippen LogP) is 2.53. The Balaban J connectivity index is 1.78. The van der Waals surface area contributed by atoms with Crippen LogP contribution in [0.3, 0.4) is 0 Å². The second kappa shape index (κ2) is 5.01. The average molecular weight is 273 g/mol. The summed E-state index contributed by atoms with van der Waals surface area (Å²) in [5, 5.41) is 0. The van der Waals surface area contributed by atoms with Gasteiger partial charge in [0.15, 0.2) is 0 Å². The predicted molar refractivity (Wildman–Crippen MR) is 75.9 cm³/mol. The fraction of sp³-hybridized carbons (Fsp3) is 0.286. The number of nitrogen functional groups attached to an aromatic ring is 1. The molecule has 1 amide bonds. The maximum Gasteiger partial charge on any atom is 0.266 e. The number of rotatable bonds is 4. The molecular weight excluding hydrogens is 258 g/mol. The van der Waals surface area contributed by atoms with Crippen LogP contribution in [0.4, 0.5) is 5.69 Å². The van der Waals surface area contributed by atoms with Gasteiger partial charge in [0.1, 0.15) is 4.88 Å². The molecule has 19 heavy (non-hydrogen) atoms. The van der Waals surface area contributed by atoms with E-state index in [0.717, 1.165) is 24.1 Å². The molecule has 5 heteroatoms. The largest absolute Gasteiger partial charge is 0.399 e. The van der Waals surface area contributed by atoms with Crippen LogP contribution in [-0.2, 0) is 6.54 Å². The van der Waals surface area contributed by atoms with E-state index in [2.05, 4.69) is 4.98 Å². The SMILES string of the molecule is Nc1ccc(CN(C(=O)c2cncs2)C2CC2)cc1. The molecule has 1 aliphatic carbocycles. The third kappa shape index (κ3) is 2.76. The maximum atomic E-state index is 12.4. The summed E-state index contributed by atoms with van der Waals surface area (Å²) in [5.74, 6) is 0.0850. The van der Waals surface area contributed by atoms with Crippen molar-refractivity contribution in [1.29, 1.82) is 0 Å². The Morgan fingerprint density at radius 2 is 2.11 bits per heavy atom. The van der Waals surface area contributed by atoms with Crippen LogP contribution >= 0.6 is 11.3 Å². The number of aromatic nitrogens is 1. The Labute approximate surface area is 115 Å². The highest BCUT2D eigenvalue weighted by Gasteiger charge is 2.33. The van der Waals surface area contributed by atoms with Gasteiger partial charge < -0.3 is 10.6 Å². The first-order valence-corrected chi connectivity index (χ1v) is 7.16. The van der Waals surface area contributed by atoms with E-state index in [0.29, 0.717) is 17.5 Å². The van der Waals surface area contributed by atoms with Crippen LogP contribution in [0, 0.1) is 0 Å². The third-order valence-corrected chi connectivity index (χ3v) is 3.99. The molecule has 4 nitrogen and oxygen atoms in total. The number of nitrogens with two attached hydrogens (primary N) is 1. The number of nitrogens with zero attached hydrogens (tertiary/aromatic N) is 2. The van der Waals surface area contributed by atoms with Crippen LogP contribution < -0.4 is 5.73 Å². The number of carbonyl (C=O) groups excluding carboxylic acids is 1. The first-order chi connectivity index (χ1) is 9.24. The standard InChI is InChI=1S/C14H15N3OS/c15-11-3-1-10(2-4-11)8-17(12-5-6-12)14(18)13-7-16-9-19-13/h1-4,7,9,12H,5-6,8,15H2. The van der Waals surface area contributed by atoms with Gasteiger partial charge in [-0.25, -0.2) is 0 Å². The lowest BCUT2D eigenvalue weighted by Gasteiger charge is -2.21. The molecule has 0 saturated heterocycles. The summed E-state index contributed by atoms with van der Waals surface area (Å²) in [6.07, 6.45) is 3.84. The first-order valence-electron chi connectivity index (χ1n) is 6.28. The first kappa shape index (κ1) is 12.2. The molecule has 98 valence electrons. The number of anilines is 1. The molecule has 0 atom stereocenters. The van der Waals surface area contributed by atoms with Crippen molar-refractivity contribution in [3.05, 3.63) is 46.4 Å². The fourth-order valence-electron chi connectivity index (χ4n) is 2.04. The van der Waals surface area contributed by atoms with Gasteiger partial charge in [0, 0.05) is 18.3 Å². The van der Waals surface area contributed by atoms with Crippen molar-refractivity contribution in [3.8, 4) is 0 Å². The van der Waals surface area contributed by atoms with Gasteiger partial charge in [-0.05, 0) is 30.5 Å². The minimum atomic E-state index is 0.0850. The number of amides is 1. The maximum absolute atomic E-state index is 12.4. The zero-order valence-corrected chi connectivity index (χ0v) is 11.3. The van der Waals surface area contributed by atoms with Crippen LogP contribution in [0.1, 0.15) is 28.1 Å². The van der Waals surface area contributed by atoms with Crippen LogP contribution in [0.15, 0.2) is 36.0 Å². The Morgan fingerprint density at radius 3 is 2.68 bits per heavy atom. The Hall–Kier alpha value is -1.88. The van der Waals surface area contributed by atoms with Crippen molar-refractivity contribution in [2.45, 2.75) is 25.4 Å². The number of hydrogen-bond acceptors (Lipinski definition) is 4. The van der Waals surface area contributed by atoms with Crippen LogP contribution in [0.25, 0.3) is 0 Å². The summed E-state index contributed by atoms with van der Waals surface area (Å²) in [6.45, 7) is 0.641. The smallest absolute Gasteiger partial charge is 0.266 e. The second-order valence-electron chi connectivity index (χ2n) is 4.77. The lowest BCUT2D eigenvalue weighted by atomic mass is 10.2. The number of thiazole rings is 1. The van der Waals surface area contributed by atoms with Crippen molar-refractivity contribution in [2.24, 2.45) is 0 Å². The molecule has 0 aliphatic heterocycles. The van der Waals surface area contributed by atoms with Gasteiger partial charge in [-0.15, -0.1) is 11.3 Å². The highest BCUT2D eigenvalue weighted by molar-refractivity contribution is 7.11.